The van der Waals surface area contributed by atoms with Gasteiger partial charge in [0.05, 0.1) is 12.5 Å². The van der Waals surface area contributed by atoms with Gasteiger partial charge in [0.2, 0.25) is 5.91 Å². The first kappa shape index (κ1) is 18.4. The summed E-state index contributed by atoms with van der Waals surface area (Å²) in [7, 11) is 0. The van der Waals surface area contributed by atoms with Crippen LogP contribution in [0.15, 0.2) is 30.3 Å². The molecule has 2 aliphatic heterocycles. The highest BCUT2D eigenvalue weighted by molar-refractivity contribution is 5.84. The van der Waals surface area contributed by atoms with Gasteiger partial charge in [-0.25, -0.2) is 0 Å². The zero-order chi connectivity index (χ0) is 17.7. The van der Waals surface area contributed by atoms with Crippen LogP contribution in [0.2, 0.25) is 0 Å². The maximum absolute atomic E-state index is 12.9. The third kappa shape index (κ3) is 4.24. The van der Waals surface area contributed by atoms with E-state index in [2.05, 4.69) is 41.0 Å². The van der Waals surface area contributed by atoms with Crippen LogP contribution in [0.25, 0.3) is 0 Å². The summed E-state index contributed by atoms with van der Waals surface area (Å²) < 4.78 is 5.50. The van der Waals surface area contributed by atoms with Crippen LogP contribution in [0.3, 0.4) is 0 Å². The molecule has 0 bridgehead atoms. The zero-order valence-corrected chi connectivity index (χ0v) is 15.7. The predicted octanol–water partition coefficient (Wildman–Crippen LogP) is 3.14. The SMILES string of the molecule is CCOCCN1CCC2(CC1)C[C@H](c1ccccc1)C(=O)N(CC)C2. The van der Waals surface area contributed by atoms with Gasteiger partial charge >= 0.3 is 0 Å². The Balaban J connectivity index is 1.68. The van der Waals surface area contributed by atoms with Gasteiger partial charge in [0.15, 0.2) is 0 Å². The summed E-state index contributed by atoms with van der Waals surface area (Å²) in [5.41, 5.74) is 1.47. The molecule has 1 aromatic rings. The van der Waals surface area contributed by atoms with Crippen molar-refractivity contribution >= 4 is 5.91 Å². The smallest absolute Gasteiger partial charge is 0.230 e. The highest BCUT2D eigenvalue weighted by atomic mass is 16.5. The molecule has 2 heterocycles. The van der Waals surface area contributed by atoms with Gasteiger partial charge in [0, 0.05) is 26.2 Å². The van der Waals surface area contributed by atoms with Crippen molar-refractivity contribution in [3.8, 4) is 0 Å². The van der Waals surface area contributed by atoms with Gasteiger partial charge in [0.1, 0.15) is 0 Å². The molecule has 2 fully saturated rings. The summed E-state index contributed by atoms with van der Waals surface area (Å²) in [5.74, 6) is 0.350. The number of hydrogen-bond donors (Lipinski definition) is 0. The first-order valence-electron chi connectivity index (χ1n) is 9.81. The van der Waals surface area contributed by atoms with Crippen LogP contribution in [0, 0.1) is 5.41 Å². The van der Waals surface area contributed by atoms with Crippen molar-refractivity contribution < 1.29 is 9.53 Å². The number of rotatable bonds is 6. The van der Waals surface area contributed by atoms with E-state index >= 15 is 0 Å². The van der Waals surface area contributed by atoms with Crippen molar-refractivity contribution in [2.75, 3.05) is 45.9 Å². The number of likely N-dealkylation sites (tertiary alicyclic amines) is 2. The molecule has 0 N–H and O–H groups in total. The number of benzene rings is 1. The topological polar surface area (TPSA) is 32.8 Å². The molecule has 0 aliphatic carbocycles. The van der Waals surface area contributed by atoms with E-state index in [-0.39, 0.29) is 11.3 Å². The lowest BCUT2D eigenvalue weighted by atomic mass is 9.67. The monoisotopic (exact) mass is 344 g/mol. The summed E-state index contributed by atoms with van der Waals surface area (Å²) in [6, 6.07) is 10.4. The molecule has 0 radical (unpaired) electrons. The lowest BCUT2D eigenvalue weighted by molar-refractivity contribution is -0.141. The van der Waals surface area contributed by atoms with Crippen LogP contribution in [0.4, 0.5) is 0 Å². The van der Waals surface area contributed by atoms with E-state index in [4.69, 9.17) is 4.74 Å². The number of carbonyl (C=O) groups is 1. The first-order chi connectivity index (χ1) is 12.2. The number of likely N-dealkylation sites (N-methyl/N-ethyl adjacent to an activating group) is 1. The molecular formula is C21H32N2O2. The Morgan fingerprint density at radius 1 is 1.16 bits per heavy atom. The number of amides is 1. The van der Waals surface area contributed by atoms with Crippen molar-refractivity contribution in [1.29, 1.82) is 0 Å². The van der Waals surface area contributed by atoms with Crippen LogP contribution in [-0.4, -0.2) is 61.6 Å². The Labute approximate surface area is 152 Å². The molecule has 3 rings (SSSR count). The average Bonchev–Trinajstić information content (AvgIpc) is 2.66. The number of carbonyl (C=O) groups excluding carboxylic acids is 1. The van der Waals surface area contributed by atoms with Crippen LogP contribution < -0.4 is 0 Å². The largest absolute Gasteiger partial charge is 0.380 e. The van der Waals surface area contributed by atoms with Crippen LogP contribution >= 0.6 is 0 Å². The second kappa shape index (κ2) is 8.33. The predicted molar refractivity (Wildman–Crippen MR) is 101 cm³/mol. The molecular weight excluding hydrogens is 312 g/mol. The summed E-state index contributed by atoms with van der Waals surface area (Å²) in [6.45, 7) is 10.8. The quantitative estimate of drug-likeness (QED) is 0.743. The van der Waals surface area contributed by atoms with Gasteiger partial charge in [-0.15, -0.1) is 0 Å². The number of nitrogens with zero attached hydrogens (tertiary/aromatic N) is 2. The molecule has 138 valence electrons. The van der Waals surface area contributed by atoms with Crippen molar-refractivity contribution in [1.82, 2.24) is 9.80 Å². The Morgan fingerprint density at radius 3 is 2.52 bits per heavy atom. The van der Waals surface area contributed by atoms with Crippen molar-refractivity contribution in [2.45, 2.75) is 39.0 Å². The fraction of sp³-hybridized carbons (Fsp3) is 0.667. The Bertz CT molecular complexity index is 552. The number of hydrogen-bond acceptors (Lipinski definition) is 3. The minimum atomic E-state index is 0.0323. The Hall–Kier alpha value is -1.39. The highest BCUT2D eigenvalue weighted by Crippen LogP contribution is 2.45. The van der Waals surface area contributed by atoms with Crippen LogP contribution in [0.5, 0.6) is 0 Å². The van der Waals surface area contributed by atoms with Crippen molar-refractivity contribution in [3.63, 3.8) is 0 Å². The second-order valence-electron chi connectivity index (χ2n) is 7.56. The Morgan fingerprint density at radius 2 is 1.88 bits per heavy atom. The fourth-order valence-electron chi connectivity index (χ4n) is 4.45. The van der Waals surface area contributed by atoms with Gasteiger partial charge in [-0.1, -0.05) is 30.3 Å². The average molecular weight is 344 g/mol. The number of ether oxygens (including phenoxy) is 1. The molecule has 0 aromatic heterocycles. The van der Waals surface area contributed by atoms with Gasteiger partial charge < -0.3 is 14.5 Å². The molecule has 4 heteroatoms. The van der Waals surface area contributed by atoms with Crippen LogP contribution in [-0.2, 0) is 9.53 Å². The minimum absolute atomic E-state index is 0.0323. The summed E-state index contributed by atoms with van der Waals surface area (Å²) in [6.07, 6.45) is 3.38. The molecule has 25 heavy (non-hydrogen) atoms. The maximum atomic E-state index is 12.9. The van der Waals surface area contributed by atoms with Crippen molar-refractivity contribution in [2.24, 2.45) is 5.41 Å². The highest BCUT2D eigenvalue weighted by Gasteiger charge is 2.45. The van der Waals surface area contributed by atoms with E-state index in [9.17, 15) is 4.79 Å². The van der Waals surface area contributed by atoms with E-state index in [1.54, 1.807) is 0 Å². The molecule has 2 aliphatic rings. The normalized spacial score (nSPS) is 24.0. The van der Waals surface area contributed by atoms with Gasteiger partial charge in [-0.3, -0.25) is 4.79 Å². The molecule has 1 aromatic carbocycles. The second-order valence-corrected chi connectivity index (χ2v) is 7.56. The van der Waals surface area contributed by atoms with E-state index in [0.717, 1.165) is 52.4 Å². The molecule has 4 nitrogen and oxygen atoms in total. The molecule has 0 saturated carbocycles. The van der Waals surface area contributed by atoms with E-state index in [1.165, 1.54) is 18.4 Å². The molecule has 2 saturated heterocycles. The number of piperidine rings is 2. The first-order valence-corrected chi connectivity index (χ1v) is 9.81. The van der Waals surface area contributed by atoms with Crippen LogP contribution in [0.1, 0.15) is 44.6 Å². The van der Waals surface area contributed by atoms with Gasteiger partial charge in [0.25, 0.3) is 0 Å². The lowest BCUT2D eigenvalue weighted by Crippen LogP contribution is -2.54. The fourth-order valence-corrected chi connectivity index (χ4v) is 4.45. The van der Waals surface area contributed by atoms with E-state index in [0.29, 0.717) is 5.91 Å². The third-order valence-corrected chi connectivity index (χ3v) is 6.03. The molecule has 1 amide bonds. The minimum Gasteiger partial charge on any atom is -0.380 e. The standard InChI is InChI=1S/C21H32N2O2/c1-3-23-17-21(10-12-22(13-11-21)14-15-25-4-2)16-19(20(23)24)18-8-6-5-7-9-18/h5-9,19H,3-4,10-17H2,1-2H3/t19-/m1/s1. The van der Waals surface area contributed by atoms with E-state index in [1.807, 2.05) is 13.0 Å². The lowest BCUT2D eigenvalue weighted by Gasteiger charge is -2.49. The molecule has 1 atom stereocenters. The summed E-state index contributed by atoms with van der Waals surface area (Å²) in [5, 5.41) is 0. The Kier molecular flexibility index (Phi) is 6.13. The zero-order valence-electron chi connectivity index (χ0n) is 15.7. The summed E-state index contributed by atoms with van der Waals surface area (Å²) >= 11 is 0. The maximum Gasteiger partial charge on any atom is 0.230 e. The van der Waals surface area contributed by atoms with Crippen molar-refractivity contribution in [3.05, 3.63) is 35.9 Å². The van der Waals surface area contributed by atoms with Gasteiger partial charge in [-0.05, 0) is 57.2 Å². The third-order valence-electron chi connectivity index (χ3n) is 6.03. The molecule has 1 spiro atoms. The van der Waals surface area contributed by atoms with Gasteiger partial charge in [-0.2, -0.15) is 0 Å². The van der Waals surface area contributed by atoms with E-state index < -0.39 is 0 Å². The molecule has 0 unspecified atom stereocenters. The summed E-state index contributed by atoms with van der Waals surface area (Å²) in [4.78, 5) is 17.5.